The van der Waals surface area contributed by atoms with Crippen LogP contribution in [0.15, 0.2) is 18.2 Å². The average Bonchev–Trinajstić information content (AvgIpc) is 2.77. The monoisotopic (exact) mass is 261 g/mol. The highest BCUT2D eigenvalue weighted by atomic mass is 16.5. The van der Waals surface area contributed by atoms with Gasteiger partial charge in [-0.05, 0) is 44.2 Å². The Hall–Kier alpha value is -1.35. The summed E-state index contributed by atoms with van der Waals surface area (Å²) >= 11 is 0. The van der Waals surface area contributed by atoms with Gasteiger partial charge in [-0.2, -0.15) is 0 Å². The van der Waals surface area contributed by atoms with Gasteiger partial charge in [-0.25, -0.2) is 4.79 Å². The van der Waals surface area contributed by atoms with Crippen LogP contribution in [-0.2, 0) is 21.5 Å². The molecule has 0 radical (unpaired) electrons. The molecule has 19 heavy (non-hydrogen) atoms. The molecule has 0 aromatic heterocycles. The molecule has 1 aliphatic rings. The van der Waals surface area contributed by atoms with E-state index < -0.39 is 5.54 Å². The van der Waals surface area contributed by atoms with E-state index in [-0.39, 0.29) is 12.0 Å². The summed E-state index contributed by atoms with van der Waals surface area (Å²) in [5.41, 5.74) is 2.87. The maximum absolute atomic E-state index is 12.4. The van der Waals surface area contributed by atoms with E-state index in [0.717, 1.165) is 24.8 Å². The summed E-state index contributed by atoms with van der Waals surface area (Å²) < 4.78 is 5.08. The van der Waals surface area contributed by atoms with Crippen molar-refractivity contribution in [3.05, 3.63) is 34.9 Å². The summed E-state index contributed by atoms with van der Waals surface area (Å²) in [5.74, 6) is -0.169. The highest BCUT2D eigenvalue weighted by Gasteiger charge is 2.46. The van der Waals surface area contributed by atoms with Gasteiger partial charge in [0.25, 0.3) is 0 Å². The number of methoxy groups -OCH3 is 1. The molecule has 0 amide bonds. The molecule has 1 N–H and O–H groups in total. The number of rotatable bonds is 4. The summed E-state index contributed by atoms with van der Waals surface area (Å²) in [6.07, 6.45) is 2.69. The minimum Gasteiger partial charge on any atom is -0.467 e. The Bertz CT molecular complexity index is 484. The number of hydrogen-bond donors (Lipinski definition) is 1. The van der Waals surface area contributed by atoms with Crippen molar-refractivity contribution in [3.8, 4) is 0 Å². The molecule has 2 rings (SSSR count). The van der Waals surface area contributed by atoms with Crippen molar-refractivity contribution in [2.75, 3.05) is 7.11 Å². The zero-order valence-corrected chi connectivity index (χ0v) is 12.2. The molecule has 1 aromatic rings. The van der Waals surface area contributed by atoms with Crippen molar-refractivity contribution < 1.29 is 9.53 Å². The lowest BCUT2D eigenvalue weighted by molar-refractivity contribution is -0.149. The molecule has 0 saturated heterocycles. The highest BCUT2D eigenvalue weighted by Crippen LogP contribution is 2.39. The van der Waals surface area contributed by atoms with Gasteiger partial charge in [0.15, 0.2) is 0 Å². The zero-order chi connectivity index (χ0) is 14.0. The topological polar surface area (TPSA) is 38.3 Å². The van der Waals surface area contributed by atoms with Crippen LogP contribution in [0.2, 0.25) is 0 Å². The van der Waals surface area contributed by atoms with E-state index in [1.165, 1.54) is 18.2 Å². The summed E-state index contributed by atoms with van der Waals surface area (Å²) in [6, 6.07) is 6.64. The normalized spacial score (nSPS) is 22.9. The zero-order valence-electron chi connectivity index (χ0n) is 12.2. The Morgan fingerprint density at radius 3 is 2.89 bits per heavy atom. The van der Waals surface area contributed by atoms with Gasteiger partial charge >= 0.3 is 5.97 Å². The molecule has 3 heteroatoms. The van der Waals surface area contributed by atoms with Crippen LogP contribution in [0.1, 0.15) is 43.4 Å². The lowest BCUT2D eigenvalue weighted by Crippen LogP contribution is -2.51. The van der Waals surface area contributed by atoms with Crippen LogP contribution >= 0.6 is 0 Å². The number of carbonyl (C=O) groups is 1. The van der Waals surface area contributed by atoms with E-state index in [9.17, 15) is 4.79 Å². The van der Waals surface area contributed by atoms with Crippen molar-refractivity contribution in [3.63, 3.8) is 0 Å². The fourth-order valence-corrected chi connectivity index (χ4v) is 2.88. The lowest BCUT2D eigenvalue weighted by atomic mass is 9.89. The van der Waals surface area contributed by atoms with E-state index in [4.69, 9.17) is 4.74 Å². The molecule has 2 unspecified atom stereocenters. The molecule has 3 nitrogen and oxygen atoms in total. The first-order valence-corrected chi connectivity index (χ1v) is 6.99. The Morgan fingerprint density at radius 1 is 1.53 bits per heavy atom. The molecular formula is C16H23NO2. The fraction of sp³-hybridized carbons (Fsp3) is 0.562. The van der Waals surface area contributed by atoms with Crippen LogP contribution in [-0.4, -0.2) is 19.1 Å². The first kappa shape index (κ1) is 14.1. The second-order valence-corrected chi connectivity index (χ2v) is 5.51. The van der Waals surface area contributed by atoms with E-state index in [1.54, 1.807) is 0 Å². The van der Waals surface area contributed by atoms with Gasteiger partial charge in [0, 0.05) is 6.04 Å². The molecule has 104 valence electrons. The molecule has 2 atom stereocenters. The number of nitrogens with one attached hydrogen (secondary N) is 1. The molecule has 0 fully saturated rings. The van der Waals surface area contributed by atoms with Crippen molar-refractivity contribution in [2.45, 2.75) is 51.6 Å². The van der Waals surface area contributed by atoms with Gasteiger partial charge in [-0.1, -0.05) is 30.7 Å². The molecule has 0 heterocycles. The minimum absolute atomic E-state index is 0.169. The Kier molecular flexibility index (Phi) is 3.95. The first-order chi connectivity index (χ1) is 9.03. The second kappa shape index (κ2) is 5.33. The van der Waals surface area contributed by atoms with Gasteiger partial charge < -0.3 is 4.74 Å². The van der Waals surface area contributed by atoms with Gasteiger partial charge in [0.05, 0.1) is 7.11 Å². The summed E-state index contributed by atoms with van der Waals surface area (Å²) in [4.78, 5) is 12.4. The quantitative estimate of drug-likeness (QED) is 0.847. The maximum atomic E-state index is 12.4. The number of esters is 1. The number of ether oxygens (including phenoxy) is 1. The van der Waals surface area contributed by atoms with E-state index >= 15 is 0 Å². The Morgan fingerprint density at radius 2 is 2.26 bits per heavy atom. The average molecular weight is 261 g/mol. The molecule has 0 bridgehead atoms. The van der Waals surface area contributed by atoms with Gasteiger partial charge in [-0.15, -0.1) is 0 Å². The van der Waals surface area contributed by atoms with Crippen LogP contribution < -0.4 is 5.32 Å². The van der Waals surface area contributed by atoms with Crippen LogP contribution in [0.5, 0.6) is 0 Å². The predicted octanol–water partition coefficient (Wildman–Crippen LogP) is 2.70. The number of carbonyl (C=O) groups excluding carboxylic acids is 1. The van der Waals surface area contributed by atoms with Crippen LogP contribution in [0.4, 0.5) is 0 Å². The summed E-state index contributed by atoms with van der Waals surface area (Å²) in [7, 11) is 1.47. The third-order valence-corrected chi connectivity index (χ3v) is 4.13. The fourth-order valence-electron chi connectivity index (χ4n) is 2.88. The number of benzene rings is 1. The SMILES string of the molecule is CCC(C)NC1(C(=O)OC)CCc2ccc(C)cc21. The third kappa shape index (κ3) is 2.39. The second-order valence-electron chi connectivity index (χ2n) is 5.51. The summed E-state index contributed by atoms with van der Waals surface area (Å²) in [5, 5.41) is 3.50. The number of hydrogen-bond acceptors (Lipinski definition) is 3. The maximum Gasteiger partial charge on any atom is 0.330 e. The number of fused-ring (bicyclic) bond motifs is 1. The standard InChI is InChI=1S/C16H23NO2/c1-5-12(3)17-16(15(18)19-4)9-8-13-7-6-11(2)10-14(13)16/h6-7,10,12,17H,5,8-9H2,1-4H3. The van der Waals surface area contributed by atoms with Crippen molar-refractivity contribution in [1.82, 2.24) is 5.32 Å². The summed E-state index contributed by atoms with van der Waals surface area (Å²) in [6.45, 7) is 6.29. The molecule has 1 aromatic carbocycles. The van der Waals surface area contributed by atoms with Gasteiger partial charge in [0.1, 0.15) is 5.54 Å². The van der Waals surface area contributed by atoms with E-state index in [0.29, 0.717) is 0 Å². The van der Waals surface area contributed by atoms with Crippen LogP contribution in [0.3, 0.4) is 0 Å². The molecule has 0 saturated carbocycles. The van der Waals surface area contributed by atoms with E-state index in [2.05, 4.69) is 44.3 Å². The third-order valence-electron chi connectivity index (χ3n) is 4.13. The van der Waals surface area contributed by atoms with Crippen molar-refractivity contribution in [2.24, 2.45) is 0 Å². The lowest BCUT2D eigenvalue weighted by Gasteiger charge is -2.32. The van der Waals surface area contributed by atoms with E-state index in [1.807, 2.05) is 0 Å². The molecule has 0 aliphatic heterocycles. The Labute approximate surface area is 115 Å². The van der Waals surface area contributed by atoms with Crippen LogP contribution in [0, 0.1) is 6.92 Å². The molecular weight excluding hydrogens is 238 g/mol. The Balaban J connectivity index is 2.47. The van der Waals surface area contributed by atoms with Gasteiger partial charge in [0.2, 0.25) is 0 Å². The first-order valence-electron chi connectivity index (χ1n) is 6.99. The molecule has 0 spiro atoms. The number of aryl methyl sites for hydroxylation is 2. The predicted molar refractivity (Wildman–Crippen MR) is 76.1 cm³/mol. The minimum atomic E-state index is -0.661. The van der Waals surface area contributed by atoms with Gasteiger partial charge in [-0.3, -0.25) is 5.32 Å². The largest absolute Gasteiger partial charge is 0.467 e. The van der Waals surface area contributed by atoms with Crippen molar-refractivity contribution >= 4 is 5.97 Å². The smallest absolute Gasteiger partial charge is 0.330 e. The molecule has 1 aliphatic carbocycles. The highest BCUT2D eigenvalue weighted by molar-refractivity contribution is 5.84. The van der Waals surface area contributed by atoms with Crippen molar-refractivity contribution in [1.29, 1.82) is 0 Å². The van der Waals surface area contributed by atoms with Crippen LogP contribution in [0.25, 0.3) is 0 Å².